The lowest BCUT2D eigenvalue weighted by molar-refractivity contribution is 0.241. The lowest BCUT2D eigenvalue weighted by Crippen LogP contribution is -2.18. The highest BCUT2D eigenvalue weighted by molar-refractivity contribution is 5.34. The van der Waals surface area contributed by atoms with Crippen molar-refractivity contribution in [1.29, 1.82) is 0 Å². The Morgan fingerprint density at radius 3 is 2.27 bits per heavy atom. The van der Waals surface area contributed by atoms with Gasteiger partial charge in [-0.2, -0.15) is 0 Å². The van der Waals surface area contributed by atoms with E-state index >= 15 is 0 Å². The molecule has 1 unspecified atom stereocenters. The van der Waals surface area contributed by atoms with Crippen LogP contribution in [0.2, 0.25) is 0 Å². The standard InChI is InChI=1S/C22H34/c1-3-17-5-7-19(8-6-17)9-10-20-12-14-21-15-18(4-2)11-13-22(21)16-20/h11,13,15,17,19-20H,3-10,12,14,16H2,1-2H3. The Kier molecular flexibility index (Phi) is 5.61. The molecular formula is C22H34. The highest BCUT2D eigenvalue weighted by atomic mass is 14.3. The quantitative estimate of drug-likeness (QED) is 0.594. The van der Waals surface area contributed by atoms with Crippen LogP contribution >= 0.6 is 0 Å². The summed E-state index contributed by atoms with van der Waals surface area (Å²) in [6.45, 7) is 4.63. The van der Waals surface area contributed by atoms with E-state index in [1.807, 2.05) is 0 Å². The van der Waals surface area contributed by atoms with Gasteiger partial charge in [-0.15, -0.1) is 0 Å². The minimum Gasteiger partial charge on any atom is -0.0651 e. The van der Waals surface area contributed by atoms with Gasteiger partial charge in [-0.1, -0.05) is 70.6 Å². The Morgan fingerprint density at radius 2 is 1.55 bits per heavy atom. The molecule has 1 aromatic rings. The van der Waals surface area contributed by atoms with Crippen molar-refractivity contribution in [1.82, 2.24) is 0 Å². The first kappa shape index (κ1) is 16.1. The second-order valence-corrected chi connectivity index (χ2v) is 7.94. The summed E-state index contributed by atoms with van der Waals surface area (Å²) < 4.78 is 0. The smallest absolute Gasteiger partial charge is 0.0248 e. The van der Waals surface area contributed by atoms with Gasteiger partial charge >= 0.3 is 0 Å². The van der Waals surface area contributed by atoms with Crippen LogP contribution in [0.3, 0.4) is 0 Å². The zero-order valence-electron chi connectivity index (χ0n) is 14.7. The van der Waals surface area contributed by atoms with Gasteiger partial charge in [0.2, 0.25) is 0 Å². The highest BCUT2D eigenvalue weighted by Gasteiger charge is 2.23. The number of rotatable bonds is 5. The van der Waals surface area contributed by atoms with Crippen molar-refractivity contribution in [2.45, 2.75) is 84.5 Å². The van der Waals surface area contributed by atoms with Crippen molar-refractivity contribution in [3.8, 4) is 0 Å². The van der Waals surface area contributed by atoms with E-state index in [-0.39, 0.29) is 0 Å². The third kappa shape index (κ3) is 3.94. The normalized spacial score (nSPS) is 28.4. The Balaban J connectivity index is 1.47. The lowest BCUT2D eigenvalue weighted by atomic mass is 9.75. The zero-order valence-corrected chi connectivity index (χ0v) is 14.7. The molecule has 0 spiro atoms. The number of hydrogen-bond donors (Lipinski definition) is 0. The molecular weight excluding hydrogens is 264 g/mol. The van der Waals surface area contributed by atoms with Gasteiger partial charge in [-0.3, -0.25) is 0 Å². The fourth-order valence-corrected chi connectivity index (χ4v) is 4.75. The predicted molar refractivity (Wildman–Crippen MR) is 96.3 cm³/mol. The molecule has 1 atom stereocenters. The maximum Gasteiger partial charge on any atom is -0.0248 e. The summed E-state index contributed by atoms with van der Waals surface area (Å²) in [5.74, 6) is 3.06. The monoisotopic (exact) mass is 298 g/mol. The van der Waals surface area contributed by atoms with Crippen LogP contribution in [0.25, 0.3) is 0 Å². The van der Waals surface area contributed by atoms with Gasteiger partial charge in [0.15, 0.2) is 0 Å². The van der Waals surface area contributed by atoms with Gasteiger partial charge in [-0.05, 0) is 66.5 Å². The predicted octanol–water partition coefficient (Wildman–Crippen LogP) is 6.35. The Hall–Kier alpha value is -0.780. The molecule has 2 aliphatic carbocycles. The molecule has 2 aliphatic rings. The van der Waals surface area contributed by atoms with Crippen LogP contribution in [0.5, 0.6) is 0 Å². The number of aryl methyl sites for hydroxylation is 2. The molecule has 0 radical (unpaired) electrons. The van der Waals surface area contributed by atoms with Crippen molar-refractivity contribution in [3.63, 3.8) is 0 Å². The summed E-state index contributed by atoms with van der Waals surface area (Å²) in [5, 5.41) is 0. The van der Waals surface area contributed by atoms with Gasteiger partial charge in [0.25, 0.3) is 0 Å². The van der Waals surface area contributed by atoms with Gasteiger partial charge in [0.05, 0.1) is 0 Å². The topological polar surface area (TPSA) is 0 Å². The van der Waals surface area contributed by atoms with E-state index in [1.165, 1.54) is 76.2 Å². The van der Waals surface area contributed by atoms with E-state index in [9.17, 15) is 0 Å². The van der Waals surface area contributed by atoms with E-state index in [4.69, 9.17) is 0 Å². The molecule has 1 fully saturated rings. The molecule has 0 bridgehead atoms. The van der Waals surface area contributed by atoms with E-state index < -0.39 is 0 Å². The van der Waals surface area contributed by atoms with Crippen LogP contribution in [0.1, 0.15) is 81.9 Å². The van der Waals surface area contributed by atoms with E-state index in [0.29, 0.717) is 0 Å². The summed E-state index contributed by atoms with van der Waals surface area (Å²) in [6.07, 6.45) is 15.7. The molecule has 0 saturated heterocycles. The van der Waals surface area contributed by atoms with Crippen molar-refractivity contribution < 1.29 is 0 Å². The number of fused-ring (bicyclic) bond motifs is 1. The molecule has 0 heteroatoms. The highest BCUT2D eigenvalue weighted by Crippen LogP contribution is 2.36. The molecule has 0 aliphatic heterocycles. The van der Waals surface area contributed by atoms with E-state index in [0.717, 1.165) is 17.8 Å². The fourth-order valence-electron chi connectivity index (χ4n) is 4.75. The molecule has 3 rings (SSSR count). The maximum atomic E-state index is 2.47. The first-order chi connectivity index (χ1) is 10.8. The van der Waals surface area contributed by atoms with Gasteiger partial charge in [0.1, 0.15) is 0 Å². The minimum absolute atomic E-state index is 0.962. The summed E-state index contributed by atoms with van der Waals surface area (Å²) in [4.78, 5) is 0. The first-order valence-electron chi connectivity index (χ1n) is 9.89. The van der Waals surface area contributed by atoms with Crippen LogP contribution in [-0.2, 0) is 19.3 Å². The molecule has 0 aromatic heterocycles. The molecule has 0 heterocycles. The second kappa shape index (κ2) is 7.66. The average Bonchev–Trinajstić information content (AvgIpc) is 2.59. The first-order valence-corrected chi connectivity index (χ1v) is 9.89. The zero-order chi connectivity index (χ0) is 15.4. The molecule has 0 N–H and O–H groups in total. The maximum absolute atomic E-state index is 2.47. The molecule has 1 aromatic carbocycles. The number of hydrogen-bond acceptors (Lipinski definition) is 0. The van der Waals surface area contributed by atoms with E-state index in [2.05, 4.69) is 32.0 Å². The summed E-state index contributed by atoms with van der Waals surface area (Å²) in [6, 6.07) is 7.25. The van der Waals surface area contributed by atoms with Crippen molar-refractivity contribution >= 4 is 0 Å². The molecule has 0 amide bonds. The van der Waals surface area contributed by atoms with Gasteiger partial charge in [0, 0.05) is 0 Å². The Bertz CT molecular complexity index is 465. The lowest BCUT2D eigenvalue weighted by Gasteiger charge is -2.30. The van der Waals surface area contributed by atoms with Crippen molar-refractivity contribution in [2.75, 3.05) is 0 Å². The SMILES string of the molecule is CCc1ccc2c(c1)CCC(CCC1CCC(CC)CC1)C2. The van der Waals surface area contributed by atoms with Crippen molar-refractivity contribution in [2.24, 2.45) is 17.8 Å². The van der Waals surface area contributed by atoms with E-state index in [1.54, 1.807) is 11.1 Å². The van der Waals surface area contributed by atoms with Gasteiger partial charge in [-0.25, -0.2) is 0 Å². The summed E-state index contributed by atoms with van der Waals surface area (Å²) in [7, 11) is 0. The molecule has 0 nitrogen and oxygen atoms in total. The third-order valence-electron chi connectivity index (χ3n) is 6.54. The summed E-state index contributed by atoms with van der Waals surface area (Å²) in [5.41, 5.74) is 4.83. The van der Waals surface area contributed by atoms with Crippen LogP contribution in [0.15, 0.2) is 18.2 Å². The largest absolute Gasteiger partial charge is 0.0651 e. The van der Waals surface area contributed by atoms with Gasteiger partial charge < -0.3 is 0 Å². The number of benzene rings is 1. The van der Waals surface area contributed by atoms with Crippen LogP contribution in [0, 0.1) is 17.8 Å². The Morgan fingerprint density at radius 1 is 0.818 bits per heavy atom. The summed E-state index contributed by atoms with van der Waals surface area (Å²) >= 11 is 0. The van der Waals surface area contributed by atoms with Crippen LogP contribution < -0.4 is 0 Å². The molecule has 122 valence electrons. The fraction of sp³-hybridized carbons (Fsp3) is 0.727. The van der Waals surface area contributed by atoms with Crippen molar-refractivity contribution in [3.05, 3.63) is 34.9 Å². The third-order valence-corrected chi connectivity index (χ3v) is 6.54. The molecule has 1 saturated carbocycles. The minimum atomic E-state index is 0.962. The second-order valence-electron chi connectivity index (χ2n) is 7.94. The average molecular weight is 299 g/mol. The molecule has 22 heavy (non-hydrogen) atoms. The Labute approximate surface area is 137 Å². The van der Waals surface area contributed by atoms with Crippen LogP contribution in [0.4, 0.5) is 0 Å². The van der Waals surface area contributed by atoms with Crippen LogP contribution in [-0.4, -0.2) is 0 Å².